The van der Waals surface area contributed by atoms with Gasteiger partial charge in [0.15, 0.2) is 0 Å². The normalized spacial score (nSPS) is 20.1. The Bertz CT molecular complexity index is 538. The maximum atomic E-state index is 5.65. The first kappa shape index (κ1) is 13.3. The molecule has 0 bridgehead atoms. The summed E-state index contributed by atoms with van der Waals surface area (Å²) in [4.78, 5) is 2.50. The average molecular weight is 271 g/mol. The third-order valence-electron chi connectivity index (χ3n) is 3.74. The van der Waals surface area contributed by atoms with E-state index in [9.17, 15) is 0 Å². The summed E-state index contributed by atoms with van der Waals surface area (Å²) in [5, 5.41) is 4.39. The molecule has 2 heterocycles. The van der Waals surface area contributed by atoms with Crippen molar-refractivity contribution in [3.8, 4) is 0 Å². The van der Waals surface area contributed by atoms with Crippen LogP contribution in [0.1, 0.15) is 11.1 Å². The molecule has 1 fully saturated rings. The molecule has 1 aliphatic heterocycles. The second-order valence-electron chi connectivity index (χ2n) is 5.42. The number of aryl methyl sites for hydroxylation is 1. The highest BCUT2D eigenvalue weighted by Gasteiger charge is 2.23. The van der Waals surface area contributed by atoms with Crippen LogP contribution in [0.15, 0.2) is 42.7 Å². The van der Waals surface area contributed by atoms with Gasteiger partial charge in [0.2, 0.25) is 0 Å². The fourth-order valence-electron chi connectivity index (χ4n) is 2.67. The van der Waals surface area contributed by atoms with Gasteiger partial charge >= 0.3 is 0 Å². The first-order valence-electron chi connectivity index (χ1n) is 7.16. The summed E-state index contributed by atoms with van der Waals surface area (Å²) >= 11 is 0. The number of benzene rings is 1. The van der Waals surface area contributed by atoms with Crippen LogP contribution in [0.25, 0.3) is 0 Å². The van der Waals surface area contributed by atoms with Crippen LogP contribution in [0.5, 0.6) is 0 Å². The molecule has 1 aromatic carbocycles. The van der Waals surface area contributed by atoms with Crippen LogP contribution in [-0.2, 0) is 17.8 Å². The lowest BCUT2D eigenvalue weighted by Crippen LogP contribution is -2.47. The quantitative estimate of drug-likeness (QED) is 0.853. The van der Waals surface area contributed by atoms with Crippen molar-refractivity contribution in [3.05, 3.63) is 53.9 Å². The molecule has 106 valence electrons. The second kappa shape index (κ2) is 6.20. The Kier molecular flexibility index (Phi) is 4.14. The van der Waals surface area contributed by atoms with Crippen LogP contribution in [0.4, 0.5) is 0 Å². The predicted octanol–water partition coefficient (Wildman–Crippen LogP) is 2.09. The van der Waals surface area contributed by atoms with Gasteiger partial charge in [-0.2, -0.15) is 5.10 Å². The molecule has 4 heteroatoms. The van der Waals surface area contributed by atoms with Crippen molar-refractivity contribution in [2.24, 2.45) is 0 Å². The molecule has 1 atom stereocenters. The molecular formula is C16H21N3O. The van der Waals surface area contributed by atoms with Gasteiger partial charge in [-0.15, -0.1) is 0 Å². The molecule has 0 aliphatic carbocycles. The Morgan fingerprint density at radius 3 is 2.90 bits per heavy atom. The number of morpholine rings is 1. The van der Waals surface area contributed by atoms with Crippen LogP contribution in [0, 0.1) is 6.92 Å². The van der Waals surface area contributed by atoms with Crippen molar-refractivity contribution in [2.75, 3.05) is 19.8 Å². The van der Waals surface area contributed by atoms with E-state index < -0.39 is 0 Å². The molecule has 4 nitrogen and oxygen atoms in total. The number of hydrogen-bond acceptors (Lipinski definition) is 3. The number of aromatic nitrogens is 2. The molecule has 1 aliphatic rings. The fourth-order valence-corrected chi connectivity index (χ4v) is 2.67. The number of nitrogens with zero attached hydrogens (tertiary/aromatic N) is 3. The third-order valence-corrected chi connectivity index (χ3v) is 3.74. The van der Waals surface area contributed by atoms with Crippen LogP contribution in [0.3, 0.4) is 0 Å². The lowest BCUT2D eigenvalue weighted by atomic mass is 10.1. The van der Waals surface area contributed by atoms with Crippen LogP contribution in [0.2, 0.25) is 0 Å². The van der Waals surface area contributed by atoms with E-state index in [0.717, 1.165) is 32.8 Å². The molecule has 1 aromatic heterocycles. The van der Waals surface area contributed by atoms with Gasteiger partial charge in [-0.1, -0.05) is 30.3 Å². The molecule has 0 saturated carbocycles. The van der Waals surface area contributed by atoms with Gasteiger partial charge in [0.05, 0.1) is 32.0 Å². The summed E-state index contributed by atoms with van der Waals surface area (Å²) in [5.41, 5.74) is 2.56. The zero-order chi connectivity index (χ0) is 13.8. The monoisotopic (exact) mass is 271 g/mol. The number of hydrogen-bond donors (Lipinski definition) is 0. The molecular weight excluding hydrogens is 250 g/mol. The van der Waals surface area contributed by atoms with E-state index in [-0.39, 0.29) is 0 Å². The highest BCUT2D eigenvalue weighted by molar-refractivity contribution is 5.14. The van der Waals surface area contributed by atoms with Gasteiger partial charge in [-0.25, -0.2) is 0 Å². The minimum absolute atomic E-state index is 0.392. The maximum absolute atomic E-state index is 5.65. The second-order valence-corrected chi connectivity index (χ2v) is 5.42. The fraction of sp³-hybridized carbons (Fsp3) is 0.438. The minimum Gasteiger partial charge on any atom is -0.378 e. The highest BCUT2D eigenvalue weighted by atomic mass is 16.5. The van der Waals surface area contributed by atoms with Gasteiger partial charge in [-0.05, 0) is 18.1 Å². The Balaban J connectivity index is 1.67. The summed E-state index contributed by atoms with van der Waals surface area (Å²) < 4.78 is 7.67. The van der Waals surface area contributed by atoms with E-state index in [0.29, 0.717) is 6.04 Å². The molecule has 0 spiro atoms. The Hall–Kier alpha value is -1.65. The van der Waals surface area contributed by atoms with Gasteiger partial charge in [0, 0.05) is 19.3 Å². The molecule has 0 N–H and O–H groups in total. The Morgan fingerprint density at radius 2 is 2.15 bits per heavy atom. The zero-order valence-corrected chi connectivity index (χ0v) is 11.9. The van der Waals surface area contributed by atoms with Crippen molar-refractivity contribution < 1.29 is 4.74 Å². The first-order chi connectivity index (χ1) is 9.81. The largest absolute Gasteiger partial charge is 0.378 e. The maximum Gasteiger partial charge on any atom is 0.0640 e. The minimum atomic E-state index is 0.392. The Morgan fingerprint density at radius 1 is 1.30 bits per heavy atom. The summed E-state index contributed by atoms with van der Waals surface area (Å²) in [6.45, 7) is 6.53. The van der Waals surface area contributed by atoms with Gasteiger partial charge in [0.1, 0.15) is 0 Å². The van der Waals surface area contributed by atoms with Crippen molar-refractivity contribution in [1.82, 2.24) is 14.7 Å². The highest BCUT2D eigenvalue weighted by Crippen LogP contribution is 2.14. The molecule has 0 radical (unpaired) electrons. The molecule has 3 rings (SSSR count). The summed E-state index contributed by atoms with van der Waals surface area (Å²) in [6, 6.07) is 11.0. The number of rotatable bonds is 4. The predicted molar refractivity (Wildman–Crippen MR) is 78.4 cm³/mol. The lowest BCUT2D eigenvalue weighted by molar-refractivity contribution is -0.0187. The van der Waals surface area contributed by atoms with Crippen molar-refractivity contribution in [3.63, 3.8) is 0 Å². The Labute approximate surface area is 120 Å². The third kappa shape index (κ3) is 3.26. The van der Waals surface area contributed by atoms with E-state index in [1.807, 2.05) is 10.9 Å². The summed E-state index contributed by atoms with van der Waals surface area (Å²) in [6.07, 6.45) is 4.00. The van der Waals surface area contributed by atoms with E-state index >= 15 is 0 Å². The van der Waals surface area contributed by atoms with E-state index in [4.69, 9.17) is 4.74 Å². The lowest BCUT2D eigenvalue weighted by Gasteiger charge is -2.35. The van der Waals surface area contributed by atoms with Gasteiger partial charge in [0.25, 0.3) is 0 Å². The smallest absolute Gasteiger partial charge is 0.0640 e. The molecule has 0 amide bonds. The number of ether oxygens (including phenoxy) is 1. The summed E-state index contributed by atoms with van der Waals surface area (Å²) in [5.74, 6) is 0. The van der Waals surface area contributed by atoms with Crippen LogP contribution in [-0.4, -0.2) is 40.5 Å². The van der Waals surface area contributed by atoms with Crippen LogP contribution < -0.4 is 0 Å². The van der Waals surface area contributed by atoms with E-state index in [2.05, 4.69) is 53.5 Å². The molecule has 2 aromatic rings. The van der Waals surface area contributed by atoms with E-state index in [1.165, 1.54) is 11.1 Å². The van der Waals surface area contributed by atoms with Crippen molar-refractivity contribution >= 4 is 0 Å². The van der Waals surface area contributed by atoms with Crippen molar-refractivity contribution in [2.45, 2.75) is 26.1 Å². The molecule has 1 saturated heterocycles. The van der Waals surface area contributed by atoms with Gasteiger partial charge in [-0.3, -0.25) is 9.58 Å². The molecule has 1 unspecified atom stereocenters. The SMILES string of the molecule is Cc1cnn(CC2COCCN2Cc2ccccc2)c1. The first-order valence-corrected chi connectivity index (χ1v) is 7.16. The summed E-state index contributed by atoms with van der Waals surface area (Å²) in [7, 11) is 0. The van der Waals surface area contributed by atoms with Crippen molar-refractivity contribution in [1.29, 1.82) is 0 Å². The zero-order valence-electron chi connectivity index (χ0n) is 11.9. The standard InChI is InChI=1S/C16H21N3O/c1-14-9-17-19(10-14)12-16-13-20-8-7-18(16)11-15-5-3-2-4-6-15/h2-6,9-10,16H,7-8,11-13H2,1H3. The van der Waals surface area contributed by atoms with Crippen LogP contribution >= 0.6 is 0 Å². The topological polar surface area (TPSA) is 30.3 Å². The van der Waals surface area contributed by atoms with Gasteiger partial charge < -0.3 is 4.74 Å². The van der Waals surface area contributed by atoms with E-state index in [1.54, 1.807) is 0 Å². The average Bonchev–Trinajstić information content (AvgIpc) is 2.88. The molecule has 20 heavy (non-hydrogen) atoms.